The van der Waals surface area contributed by atoms with Crippen LogP contribution in [0.3, 0.4) is 0 Å². The van der Waals surface area contributed by atoms with Crippen molar-refractivity contribution in [3.05, 3.63) is 24.0 Å². The van der Waals surface area contributed by atoms with Crippen molar-refractivity contribution >= 4 is 22.6 Å². The molecule has 0 bridgehead atoms. The molecule has 1 heterocycles. The number of nitrogens with zero attached hydrogens (tertiary/aromatic N) is 2. The SMILES string of the molecule is CCC(C)NC(=O)Cn1c(C(C)(C)C)nc2c(N)cccc21. The van der Waals surface area contributed by atoms with Crippen molar-refractivity contribution in [2.24, 2.45) is 0 Å². The number of carbonyl (C=O) groups is 1. The third-order valence-electron chi connectivity index (χ3n) is 3.80. The summed E-state index contributed by atoms with van der Waals surface area (Å²) in [5.74, 6) is 0.876. The van der Waals surface area contributed by atoms with E-state index in [2.05, 4.69) is 33.0 Å². The Morgan fingerprint density at radius 1 is 1.41 bits per heavy atom. The molecular formula is C17H26N4O. The summed E-state index contributed by atoms with van der Waals surface area (Å²) in [5.41, 5.74) is 8.19. The van der Waals surface area contributed by atoms with Crippen molar-refractivity contribution in [3.63, 3.8) is 0 Å². The molecule has 1 aromatic heterocycles. The number of hydrogen-bond acceptors (Lipinski definition) is 3. The minimum Gasteiger partial charge on any atom is -0.397 e. The van der Waals surface area contributed by atoms with Crippen LogP contribution in [-0.2, 0) is 16.8 Å². The molecule has 2 rings (SSSR count). The molecule has 1 amide bonds. The Bertz CT molecular complexity index is 682. The zero-order valence-corrected chi connectivity index (χ0v) is 14.1. The Morgan fingerprint density at radius 3 is 2.68 bits per heavy atom. The fraction of sp³-hybridized carbons (Fsp3) is 0.529. The highest BCUT2D eigenvalue weighted by molar-refractivity contribution is 5.89. The number of rotatable bonds is 4. The van der Waals surface area contributed by atoms with E-state index in [1.807, 2.05) is 29.7 Å². The van der Waals surface area contributed by atoms with Gasteiger partial charge >= 0.3 is 0 Å². The van der Waals surface area contributed by atoms with Gasteiger partial charge in [0.25, 0.3) is 0 Å². The summed E-state index contributed by atoms with van der Waals surface area (Å²) in [6.07, 6.45) is 0.912. The van der Waals surface area contributed by atoms with Gasteiger partial charge in [0, 0.05) is 11.5 Å². The summed E-state index contributed by atoms with van der Waals surface area (Å²) < 4.78 is 1.98. The van der Waals surface area contributed by atoms with Gasteiger partial charge < -0.3 is 15.6 Å². The van der Waals surface area contributed by atoms with Crippen LogP contribution in [0.2, 0.25) is 0 Å². The minimum absolute atomic E-state index is 0.00146. The average Bonchev–Trinajstić information content (AvgIpc) is 2.79. The molecule has 2 aromatic rings. The molecule has 0 spiro atoms. The second-order valence-electron chi connectivity index (χ2n) is 6.86. The third kappa shape index (κ3) is 3.24. The van der Waals surface area contributed by atoms with Crippen LogP contribution in [0.5, 0.6) is 0 Å². The number of hydrogen-bond donors (Lipinski definition) is 2. The van der Waals surface area contributed by atoms with E-state index in [1.54, 1.807) is 0 Å². The first-order valence-electron chi connectivity index (χ1n) is 7.78. The largest absolute Gasteiger partial charge is 0.397 e. The van der Waals surface area contributed by atoms with Crippen molar-refractivity contribution in [1.82, 2.24) is 14.9 Å². The van der Waals surface area contributed by atoms with Gasteiger partial charge in [0.1, 0.15) is 17.9 Å². The maximum atomic E-state index is 12.3. The van der Waals surface area contributed by atoms with E-state index >= 15 is 0 Å². The van der Waals surface area contributed by atoms with Crippen molar-refractivity contribution in [2.45, 2.75) is 59.0 Å². The maximum absolute atomic E-state index is 12.3. The number of benzene rings is 1. The first-order valence-corrected chi connectivity index (χ1v) is 7.78. The van der Waals surface area contributed by atoms with Gasteiger partial charge in [0.15, 0.2) is 0 Å². The van der Waals surface area contributed by atoms with Crippen LogP contribution in [0, 0.1) is 0 Å². The van der Waals surface area contributed by atoms with Crippen molar-refractivity contribution in [2.75, 3.05) is 5.73 Å². The van der Waals surface area contributed by atoms with Crippen LogP contribution >= 0.6 is 0 Å². The highest BCUT2D eigenvalue weighted by atomic mass is 16.2. The fourth-order valence-electron chi connectivity index (χ4n) is 2.47. The molecule has 0 radical (unpaired) electrons. The fourth-order valence-corrected chi connectivity index (χ4v) is 2.47. The smallest absolute Gasteiger partial charge is 0.240 e. The van der Waals surface area contributed by atoms with Crippen molar-refractivity contribution < 1.29 is 4.79 Å². The predicted octanol–water partition coefficient (Wildman–Crippen LogP) is 2.83. The number of nitrogen functional groups attached to an aromatic ring is 1. The van der Waals surface area contributed by atoms with Gasteiger partial charge in [-0.1, -0.05) is 33.8 Å². The number of fused-ring (bicyclic) bond motifs is 1. The van der Waals surface area contributed by atoms with E-state index in [-0.39, 0.29) is 23.9 Å². The van der Waals surface area contributed by atoms with E-state index < -0.39 is 0 Å². The van der Waals surface area contributed by atoms with E-state index in [1.165, 1.54) is 0 Å². The molecule has 1 aromatic carbocycles. The van der Waals surface area contributed by atoms with Crippen LogP contribution in [0.4, 0.5) is 5.69 Å². The van der Waals surface area contributed by atoms with Crippen LogP contribution in [0.15, 0.2) is 18.2 Å². The molecule has 0 saturated carbocycles. The summed E-state index contributed by atoms with van der Waals surface area (Å²) in [6.45, 7) is 10.6. The first-order chi connectivity index (χ1) is 10.2. The highest BCUT2D eigenvalue weighted by Crippen LogP contribution is 2.28. The Labute approximate surface area is 131 Å². The van der Waals surface area contributed by atoms with Crippen LogP contribution in [0.1, 0.15) is 46.9 Å². The number of nitrogens with two attached hydrogens (primary N) is 1. The number of para-hydroxylation sites is 1. The molecule has 3 N–H and O–H groups in total. The summed E-state index contributed by atoms with van der Waals surface area (Å²) in [7, 11) is 0. The molecule has 0 aliphatic rings. The van der Waals surface area contributed by atoms with Gasteiger partial charge in [-0.2, -0.15) is 0 Å². The number of aromatic nitrogens is 2. The number of carbonyl (C=O) groups excluding carboxylic acids is 1. The molecule has 5 nitrogen and oxygen atoms in total. The molecule has 0 aliphatic carbocycles. The lowest BCUT2D eigenvalue weighted by Crippen LogP contribution is -2.35. The Balaban J connectivity index is 2.46. The van der Waals surface area contributed by atoms with Crippen LogP contribution < -0.4 is 11.1 Å². The van der Waals surface area contributed by atoms with E-state index in [4.69, 9.17) is 10.7 Å². The molecule has 1 atom stereocenters. The molecule has 0 saturated heterocycles. The quantitative estimate of drug-likeness (QED) is 0.853. The summed E-state index contributed by atoms with van der Waals surface area (Å²) in [4.78, 5) is 17.0. The molecular weight excluding hydrogens is 276 g/mol. The summed E-state index contributed by atoms with van der Waals surface area (Å²) in [5, 5.41) is 3.01. The van der Waals surface area contributed by atoms with Crippen molar-refractivity contribution in [1.29, 1.82) is 0 Å². The predicted molar refractivity (Wildman–Crippen MR) is 90.7 cm³/mol. The normalized spacial score (nSPS) is 13.3. The Kier molecular flexibility index (Phi) is 4.44. The Morgan fingerprint density at radius 2 is 2.09 bits per heavy atom. The van der Waals surface area contributed by atoms with Gasteiger partial charge in [-0.05, 0) is 25.5 Å². The maximum Gasteiger partial charge on any atom is 0.240 e. The monoisotopic (exact) mass is 302 g/mol. The lowest BCUT2D eigenvalue weighted by atomic mass is 9.95. The van der Waals surface area contributed by atoms with Gasteiger partial charge in [0.05, 0.1) is 11.2 Å². The van der Waals surface area contributed by atoms with Crippen LogP contribution in [-0.4, -0.2) is 21.5 Å². The standard InChI is InChI=1S/C17H26N4O/c1-6-11(2)19-14(22)10-21-13-9-7-8-12(18)15(13)20-16(21)17(3,4)5/h7-9,11H,6,10,18H2,1-5H3,(H,19,22). The number of imidazole rings is 1. The zero-order chi connectivity index (χ0) is 16.5. The zero-order valence-electron chi connectivity index (χ0n) is 14.1. The van der Waals surface area contributed by atoms with Crippen LogP contribution in [0.25, 0.3) is 11.0 Å². The van der Waals surface area contributed by atoms with E-state index in [9.17, 15) is 4.79 Å². The molecule has 0 aliphatic heterocycles. The van der Waals surface area contributed by atoms with Gasteiger partial charge in [-0.25, -0.2) is 4.98 Å². The molecule has 0 fully saturated rings. The van der Waals surface area contributed by atoms with Gasteiger partial charge in [-0.15, -0.1) is 0 Å². The first kappa shape index (κ1) is 16.3. The third-order valence-corrected chi connectivity index (χ3v) is 3.80. The molecule has 5 heteroatoms. The van der Waals surface area contributed by atoms with E-state index in [0.717, 1.165) is 23.3 Å². The topological polar surface area (TPSA) is 72.9 Å². The van der Waals surface area contributed by atoms with Gasteiger partial charge in [0.2, 0.25) is 5.91 Å². The minimum atomic E-state index is -0.165. The summed E-state index contributed by atoms with van der Waals surface area (Å²) >= 11 is 0. The lowest BCUT2D eigenvalue weighted by Gasteiger charge is -2.20. The Hall–Kier alpha value is -2.04. The number of anilines is 1. The highest BCUT2D eigenvalue weighted by Gasteiger charge is 2.24. The molecule has 1 unspecified atom stereocenters. The average molecular weight is 302 g/mol. The second kappa shape index (κ2) is 5.99. The summed E-state index contributed by atoms with van der Waals surface area (Å²) in [6, 6.07) is 5.87. The number of amides is 1. The lowest BCUT2D eigenvalue weighted by molar-refractivity contribution is -0.122. The molecule has 120 valence electrons. The van der Waals surface area contributed by atoms with E-state index in [0.29, 0.717) is 5.69 Å². The molecule has 22 heavy (non-hydrogen) atoms. The number of nitrogens with one attached hydrogen (secondary N) is 1. The van der Waals surface area contributed by atoms with Crippen molar-refractivity contribution in [3.8, 4) is 0 Å². The second-order valence-corrected chi connectivity index (χ2v) is 6.86. The van der Waals surface area contributed by atoms with Gasteiger partial charge in [-0.3, -0.25) is 4.79 Å².